The fourth-order valence-electron chi connectivity index (χ4n) is 1.58. The van der Waals surface area contributed by atoms with E-state index in [-0.39, 0.29) is 12.3 Å². The summed E-state index contributed by atoms with van der Waals surface area (Å²) >= 11 is 0. The zero-order valence-corrected chi connectivity index (χ0v) is 10.5. The maximum absolute atomic E-state index is 9.76. The molecule has 0 bridgehead atoms. The SMILES string of the molecule is COc1ccc(O)c(C=NCC(O)c2ccco2)c1. The van der Waals surface area contributed by atoms with Crippen molar-refractivity contribution in [2.45, 2.75) is 6.10 Å². The number of furan rings is 1. The number of phenols is 1. The topological polar surface area (TPSA) is 75.2 Å². The number of hydrogen-bond acceptors (Lipinski definition) is 5. The van der Waals surface area contributed by atoms with Gasteiger partial charge in [-0.25, -0.2) is 0 Å². The molecule has 1 unspecified atom stereocenters. The van der Waals surface area contributed by atoms with E-state index in [0.717, 1.165) is 0 Å². The number of aromatic hydroxyl groups is 1. The Bertz CT molecular complexity index is 549. The first-order valence-electron chi connectivity index (χ1n) is 5.79. The highest BCUT2D eigenvalue weighted by atomic mass is 16.5. The van der Waals surface area contributed by atoms with Gasteiger partial charge in [0.05, 0.1) is 19.9 Å². The molecule has 0 aliphatic carbocycles. The fourth-order valence-corrected chi connectivity index (χ4v) is 1.58. The second kappa shape index (κ2) is 6.06. The van der Waals surface area contributed by atoms with Crippen molar-refractivity contribution in [3.8, 4) is 11.5 Å². The van der Waals surface area contributed by atoms with Crippen LogP contribution >= 0.6 is 0 Å². The molecule has 1 atom stereocenters. The molecule has 0 fully saturated rings. The molecule has 0 spiro atoms. The molecule has 1 heterocycles. The first kappa shape index (κ1) is 13.2. The summed E-state index contributed by atoms with van der Waals surface area (Å²) in [6, 6.07) is 8.24. The van der Waals surface area contributed by atoms with Crippen molar-refractivity contribution in [2.75, 3.05) is 13.7 Å². The number of ether oxygens (including phenoxy) is 1. The van der Waals surface area contributed by atoms with E-state index in [1.54, 1.807) is 31.4 Å². The van der Waals surface area contributed by atoms with Gasteiger partial charge in [-0.05, 0) is 30.3 Å². The Hall–Kier alpha value is -2.27. The third-order valence-electron chi connectivity index (χ3n) is 2.62. The fraction of sp³-hybridized carbons (Fsp3) is 0.214. The highest BCUT2D eigenvalue weighted by Gasteiger charge is 2.08. The number of nitrogens with zero attached hydrogens (tertiary/aromatic N) is 1. The first-order valence-corrected chi connectivity index (χ1v) is 5.79. The molecular weight excluding hydrogens is 246 g/mol. The van der Waals surface area contributed by atoms with Gasteiger partial charge in [-0.3, -0.25) is 4.99 Å². The summed E-state index contributed by atoms with van der Waals surface area (Å²) in [5, 5.41) is 19.4. The molecule has 19 heavy (non-hydrogen) atoms. The van der Waals surface area contributed by atoms with Crippen LogP contribution in [-0.4, -0.2) is 30.1 Å². The highest BCUT2D eigenvalue weighted by Crippen LogP contribution is 2.21. The first-order chi connectivity index (χ1) is 9.20. The number of aliphatic hydroxyl groups excluding tert-OH is 1. The average molecular weight is 261 g/mol. The Labute approximate surface area is 110 Å². The summed E-state index contributed by atoms with van der Waals surface area (Å²) in [6.45, 7) is 0.157. The van der Waals surface area contributed by atoms with Gasteiger partial charge in [-0.15, -0.1) is 0 Å². The van der Waals surface area contributed by atoms with E-state index in [9.17, 15) is 10.2 Å². The lowest BCUT2D eigenvalue weighted by molar-refractivity contribution is 0.159. The van der Waals surface area contributed by atoms with Gasteiger partial charge in [0, 0.05) is 11.8 Å². The van der Waals surface area contributed by atoms with E-state index in [0.29, 0.717) is 17.1 Å². The predicted octanol–water partition coefficient (Wildman–Crippen LogP) is 2.15. The molecule has 1 aromatic carbocycles. The minimum atomic E-state index is -0.793. The highest BCUT2D eigenvalue weighted by molar-refractivity contribution is 5.84. The van der Waals surface area contributed by atoms with Gasteiger partial charge < -0.3 is 19.4 Å². The van der Waals surface area contributed by atoms with Crippen LogP contribution < -0.4 is 4.74 Å². The zero-order valence-electron chi connectivity index (χ0n) is 10.5. The summed E-state index contributed by atoms with van der Waals surface area (Å²) in [6.07, 6.45) is 2.19. The van der Waals surface area contributed by atoms with Crippen molar-refractivity contribution < 1.29 is 19.4 Å². The molecule has 0 saturated carbocycles. The molecule has 2 aromatic rings. The number of phenolic OH excluding ortho intramolecular Hbond substituents is 1. The van der Waals surface area contributed by atoms with Gasteiger partial charge in [-0.1, -0.05) is 0 Å². The summed E-state index contributed by atoms with van der Waals surface area (Å²) in [5.74, 6) is 1.20. The molecule has 5 nitrogen and oxygen atoms in total. The Morgan fingerprint density at radius 2 is 2.26 bits per heavy atom. The quantitative estimate of drug-likeness (QED) is 0.809. The van der Waals surface area contributed by atoms with E-state index in [1.807, 2.05) is 0 Å². The molecule has 5 heteroatoms. The lowest BCUT2D eigenvalue weighted by atomic mass is 10.2. The summed E-state index contributed by atoms with van der Waals surface area (Å²) in [7, 11) is 1.55. The van der Waals surface area contributed by atoms with Crippen LogP contribution in [-0.2, 0) is 0 Å². The maximum atomic E-state index is 9.76. The third kappa shape index (κ3) is 3.35. The Kier molecular flexibility index (Phi) is 4.20. The molecular formula is C14H15NO4. The van der Waals surface area contributed by atoms with Crippen molar-refractivity contribution in [1.29, 1.82) is 0 Å². The number of hydrogen-bond donors (Lipinski definition) is 2. The monoisotopic (exact) mass is 261 g/mol. The molecule has 2 rings (SSSR count). The second-order valence-electron chi connectivity index (χ2n) is 3.95. The number of benzene rings is 1. The van der Waals surface area contributed by atoms with Crippen LogP contribution in [0.1, 0.15) is 17.4 Å². The minimum absolute atomic E-state index is 0.108. The molecule has 0 aliphatic rings. The number of aliphatic imine (C=N–C) groups is 1. The minimum Gasteiger partial charge on any atom is -0.507 e. The van der Waals surface area contributed by atoms with Gasteiger partial charge in [0.2, 0.25) is 0 Å². The Morgan fingerprint density at radius 1 is 1.42 bits per heavy atom. The van der Waals surface area contributed by atoms with Gasteiger partial charge in [0.25, 0.3) is 0 Å². The van der Waals surface area contributed by atoms with Gasteiger partial charge >= 0.3 is 0 Å². The van der Waals surface area contributed by atoms with Crippen molar-refractivity contribution in [1.82, 2.24) is 0 Å². The van der Waals surface area contributed by atoms with Crippen LogP contribution in [0.2, 0.25) is 0 Å². The molecule has 0 aliphatic heterocycles. The maximum Gasteiger partial charge on any atom is 0.134 e. The van der Waals surface area contributed by atoms with Crippen molar-refractivity contribution in [3.05, 3.63) is 47.9 Å². The van der Waals surface area contributed by atoms with Gasteiger partial charge in [-0.2, -0.15) is 0 Å². The molecule has 0 saturated heterocycles. The van der Waals surface area contributed by atoms with Crippen molar-refractivity contribution in [2.24, 2.45) is 4.99 Å². The van der Waals surface area contributed by atoms with E-state index < -0.39 is 6.10 Å². The van der Waals surface area contributed by atoms with Crippen LogP contribution in [0.3, 0.4) is 0 Å². The zero-order chi connectivity index (χ0) is 13.7. The van der Waals surface area contributed by atoms with E-state index in [2.05, 4.69) is 4.99 Å². The predicted molar refractivity (Wildman–Crippen MR) is 70.8 cm³/mol. The Balaban J connectivity index is 2.02. The number of rotatable bonds is 5. The van der Waals surface area contributed by atoms with Crippen LogP contribution in [0.5, 0.6) is 11.5 Å². The second-order valence-corrected chi connectivity index (χ2v) is 3.95. The van der Waals surface area contributed by atoms with Gasteiger partial charge in [0.1, 0.15) is 23.4 Å². The molecule has 2 N–H and O–H groups in total. The molecule has 100 valence electrons. The molecule has 1 aromatic heterocycles. The normalized spacial score (nSPS) is 12.7. The summed E-state index contributed by atoms with van der Waals surface area (Å²) in [4.78, 5) is 4.08. The van der Waals surface area contributed by atoms with E-state index >= 15 is 0 Å². The molecule has 0 amide bonds. The number of methoxy groups -OCH3 is 1. The lowest BCUT2D eigenvalue weighted by Crippen LogP contribution is -2.00. The van der Waals surface area contributed by atoms with Crippen LogP contribution in [0, 0.1) is 0 Å². The summed E-state index contributed by atoms with van der Waals surface area (Å²) < 4.78 is 10.1. The number of aliphatic hydroxyl groups is 1. The third-order valence-corrected chi connectivity index (χ3v) is 2.62. The van der Waals surface area contributed by atoms with Crippen LogP contribution in [0.15, 0.2) is 46.0 Å². The van der Waals surface area contributed by atoms with E-state index in [1.165, 1.54) is 18.5 Å². The standard InChI is InChI=1S/C14H15NO4/c1-18-11-4-5-12(16)10(7-11)8-15-9-13(17)14-3-2-6-19-14/h2-8,13,16-17H,9H2,1H3. The van der Waals surface area contributed by atoms with Crippen molar-refractivity contribution >= 4 is 6.21 Å². The summed E-state index contributed by atoms with van der Waals surface area (Å²) in [5.41, 5.74) is 0.533. The average Bonchev–Trinajstić information content (AvgIpc) is 2.95. The van der Waals surface area contributed by atoms with Crippen LogP contribution in [0.25, 0.3) is 0 Å². The largest absolute Gasteiger partial charge is 0.507 e. The van der Waals surface area contributed by atoms with Crippen LogP contribution in [0.4, 0.5) is 0 Å². The van der Waals surface area contributed by atoms with Crippen molar-refractivity contribution in [3.63, 3.8) is 0 Å². The van der Waals surface area contributed by atoms with Gasteiger partial charge in [0.15, 0.2) is 0 Å². The van der Waals surface area contributed by atoms with E-state index in [4.69, 9.17) is 9.15 Å². The Morgan fingerprint density at radius 3 is 2.95 bits per heavy atom. The molecule has 0 radical (unpaired) electrons. The smallest absolute Gasteiger partial charge is 0.134 e. The lowest BCUT2D eigenvalue weighted by Gasteiger charge is -2.04.